The molecule has 1 radical (unpaired) electrons. The molecule has 0 N–H and O–H groups in total. The maximum Gasteiger partial charge on any atom is 0.181 e. The van der Waals surface area contributed by atoms with Crippen LogP contribution in [0.5, 0.6) is 0 Å². The number of allylic oxidation sites excluding steroid dienone is 8. The Morgan fingerprint density at radius 1 is 0.909 bits per heavy atom. The summed E-state index contributed by atoms with van der Waals surface area (Å²) in [4.78, 5) is 0. The standard InChI is InChI=1S/C10H10B/c1-2-6-9(5-1)11-10-7-3-4-8-10/h1-5,7H,6,8H2. The van der Waals surface area contributed by atoms with Crippen LogP contribution < -0.4 is 0 Å². The monoisotopic (exact) mass is 141 g/mol. The van der Waals surface area contributed by atoms with E-state index in [0.29, 0.717) is 0 Å². The van der Waals surface area contributed by atoms with Gasteiger partial charge in [-0.1, -0.05) is 47.4 Å². The van der Waals surface area contributed by atoms with Gasteiger partial charge in [0, 0.05) is 0 Å². The lowest BCUT2D eigenvalue weighted by molar-refractivity contribution is 1.35. The van der Waals surface area contributed by atoms with Gasteiger partial charge in [-0.15, -0.1) is 0 Å². The van der Waals surface area contributed by atoms with Crippen molar-refractivity contribution in [2.45, 2.75) is 12.8 Å². The van der Waals surface area contributed by atoms with Gasteiger partial charge in [-0.05, 0) is 12.8 Å². The molecule has 0 saturated heterocycles. The molecule has 2 aliphatic carbocycles. The molecule has 0 unspecified atom stereocenters. The predicted octanol–water partition coefficient (Wildman–Crippen LogP) is 2.38. The Kier molecular flexibility index (Phi) is 1.80. The molecule has 2 rings (SSSR count). The quantitative estimate of drug-likeness (QED) is 0.518. The van der Waals surface area contributed by atoms with Gasteiger partial charge in [-0.2, -0.15) is 0 Å². The van der Waals surface area contributed by atoms with E-state index in [1.165, 1.54) is 10.9 Å². The molecule has 0 aromatic rings. The number of rotatable bonds is 2. The van der Waals surface area contributed by atoms with Crippen LogP contribution in [0.25, 0.3) is 0 Å². The van der Waals surface area contributed by atoms with E-state index in [2.05, 4.69) is 43.7 Å². The van der Waals surface area contributed by atoms with Crippen LogP contribution in [0.1, 0.15) is 12.8 Å². The van der Waals surface area contributed by atoms with Gasteiger partial charge in [0.05, 0.1) is 0 Å². The van der Waals surface area contributed by atoms with Crippen molar-refractivity contribution in [3.63, 3.8) is 0 Å². The van der Waals surface area contributed by atoms with Crippen LogP contribution in [-0.2, 0) is 0 Å². The average Bonchev–Trinajstić information content (AvgIpc) is 2.60. The molecule has 0 aromatic heterocycles. The second-order valence-corrected chi connectivity index (χ2v) is 2.89. The molecule has 0 atom stereocenters. The van der Waals surface area contributed by atoms with E-state index in [1.807, 2.05) is 0 Å². The highest BCUT2D eigenvalue weighted by Gasteiger charge is 2.06. The Morgan fingerprint density at radius 2 is 1.45 bits per heavy atom. The van der Waals surface area contributed by atoms with Crippen molar-refractivity contribution >= 4 is 7.28 Å². The minimum Gasteiger partial charge on any atom is -0.0993 e. The Balaban J connectivity index is 1.91. The van der Waals surface area contributed by atoms with Crippen molar-refractivity contribution < 1.29 is 0 Å². The normalized spacial score (nSPS) is 20.4. The summed E-state index contributed by atoms with van der Waals surface area (Å²) in [6.07, 6.45) is 15.2. The van der Waals surface area contributed by atoms with Crippen LogP contribution in [0, 0.1) is 0 Å². The summed E-state index contributed by atoms with van der Waals surface area (Å²) >= 11 is 0. The third kappa shape index (κ3) is 1.54. The number of hydrogen-bond acceptors (Lipinski definition) is 0. The maximum atomic E-state index is 2.28. The molecule has 0 spiro atoms. The predicted molar refractivity (Wildman–Crippen MR) is 49.4 cm³/mol. The Labute approximate surface area is 68.2 Å². The second-order valence-electron chi connectivity index (χ2n) is 2.89. The van der Waals surface area contributed by atoms with E-state index in [-0.39, 0.29) is 0 Å². The van der Waals surface area contributed by atoms with Gasteiger partial charge >= 0.3 is 0 Å². The fraction of sp³-hybridized carbons (Fsp3) is 0.200. The molecule has 0 bridgehead atoms. The Morgan fingerprint density at radius 3 is 1.82 bits per heavy atom. The van der Waals surface area contributed by atoms with Gasteiger partial charge in [0.2, 0.25) is 0 Å². The summed E-state index contributed by atoms with van der Waals surface area (Å²) in [7, 11) is 2.28. The van der Waals surface area contributed by atoms with Crippen LogP contribution >= 0.6 is 0 Å². The van der Waals surface area contributed by atoms with E-state index in [1.54, 1.807) is 0 Å². The van der Waals surface area contributed by atoms with Crippen LogP contribution in [0.15, 0.2) is 47.4 Å². The van der Waals surface area contributed by atoms with Gasteiger partial charge in [0.25, 0.3) is 0 Å². The largest absolute Gasteiger partial charge is 0.181 e. The fourth-order valence-electron chi connectivity index (χ4n) is 1.38. The minimum absolute atomic E-state index is 1.11. The summed E-state index contributed by atoms with van der Waals surface area (Å²) in [5.74, 6) is 0. The lowest BCUT2D eigenvalue weighted by atomic mass is 9.62. The first-order valence-electron chi connectivity index (χ1n) is 4.01. The highest BCUT2D eigenvalue weighted by Crippen LogP contribution is 2.16. The van der Waals surface area contributed by atoms with E-state index < -0.39 is 0 Å². The molecular formula is C10H10B. The number of hydrogen-bond donors (Lipinski definition) is 0. The zero-order valence-corrected chi connectivity index (χ0v) is 6.46. The molecule has 0 amide bonds. The first-order chi connectivity index (χ1) is 5.45. The van der Waals surface area contributed by atoms with Crippen LogP contribution in [-0.4, -0.2) is 7.28 Å². The smallest absolute Gasteiger partial charge is 0.0993 e. The topological polar surface area (TPSA) is 0 Å². The minimum atomic E-state index is 1.11. The van der Waals surface area contributed by atoms with E-state index in [4.69, 9.17) is 0 Å². The van der Waals surface area contributed by atoms with Crippen LogP contribution in [0.3, 0.4) is 0 Å². The van der Waals surface area contributed by atoms with E-state index in [0.717, 1.165) is 12.8 Å². The van der Waals surface area contributed by atoms with Gasteiger partial charge < -0.3 is 0 Å². The summed E-state index contributed by atoms with van der Waals surface area (Å²) < 4.78 is 0. The summed E-state index contributed by atoms with van der Waals surface area (Å²) in [5, 5.41) is 0. The average molecular weight is 141 g/mol. The molecule has 0 fully saturated rings. The molecule has 53 valence electrons. The Hall–Kier alpha value is -0.975. The highest BCUT2D eigenvalue weighted by atomic mass is 14.0. The summed E-state index contributed by atoms with van der Waals surface area (Å²) in [6, 6.07) is 0. The Bertz CT molecular complexity index is 239. The zero-order valence-electron chi connectivity index (χ0n) is 6.46. The van der Waals surface area contributed by atoms with Gasteiger partial charge in [-0.25, -0.2) is 0 Å². The second kappa shape index (κ2) is 2.95. The molecule has 0 saturated carbocycles. The van der Waals surface area contributed by atoms with Crippen molar-refractivity contribution in [2.24, 2.45) is 0 Å². The molecular weight excluding hydrogens is 131 g/mol. The van der Waals surface area contributed by atoms with Crippen LogP contribution in [0.4, 0.5) is 0 Å². The van der Waals surface area contributed by atoms with Crippen LogP contribution in [0.2, 0.25) is 0 Å². The molecule has 0 aromatic carbocycles. The summed E-state index contributed by atoms with van der Waals surface area (Å²) in [6.45, 7) is 0. The lowest BCUT2D eigenvalue weighted by Crippen LogP contribution is -1.96. The van der Waals surface area contributed by atoms with E-state index >= 15 is 0 Å². The lowest BCUT2D eigenvalue weighted by Gasteiger charge is -1.99. The zero-order chi connectivity index (χ0) is 7.52. The molecule has 0 aliphatic heterocycles. The molecule has 0 nitrogen and oxygen atoms in total. The first kappa shape index (κ1) is 6.72. The first-order valence-corrected chi connectivity index (χ1v) is 4.01. The van der Waals surface area contributed by atoms with Crippen molar-refractivity contribution in [1.82, 2.24) is 0 Å². The maximum absolute atomic E-state index is 2.28. The molecule has 1 heteroatoms. The van der Waals surface area contributed by atoms with Gasteiger partial charge in [0.1, 0.15) is 0 Å². The third-order valence-corrected chi connectivity index (χ3v) is 1.97. The van der Waals surface area contributed by atoms with Gasteiger partial charge in [-0.3, -0.25) is 0 Å². The fourth-order valence-corrected chi connectivity index (χ4v) is 1.38. The SMILES string of the molecule is [B](C1=CC=CC1)C1=CC=CC1. The van der Waals surface area contributed by atoms with Crippen molar-refractivity contribution in [1.29, 1.82) is 0 Å². The van der Waals surface area contributed by atoms with E-state index in [9.17, 15) is 0 Å². The molecule has 11 heavy (non-hydrogen) atoms. The molecule has 0 heterocycles. The highest BCUT2D eigenvalue weighted by molar-refractivity contribution is 6.54. The summed E-state index contributed by atoms with van der Waals surface area (Å²) in [5.41, 5.74) is 2.86. The third-order valence-electron chi connectivity index (χ3n) is 1.97. The van der Waals surface area contributed by atoms with Gasteiger partial charge in [0.15, 0.2) is 7.28 Å². The van der Waals surface area contributed by atoms with Crippen molar-refractivity contribution in [3.8, 4) is 0 Å². The van der Waals surface area contributed by atoms with Crippen molar-refractivity contribution in [3.05, 3.63) is 47.4 Å². The molecule has 2 aliphatic rings. The van der Waals surface area contributed by atoms with Crippen molar-refractivity contribution in [2.75, 3.05) is 0 Å².